The van der Waals surface area contributed by atoms with Crippen LogP contribution >= 0.6 is 11.3 Å². The van der Waals surface area contributed by atoms with Gasteiger partial charge >= 0.3 is 0 Å². The van der Waals surface area contributed by atoms with Crippen molar-refractivity contribution in [3.05, 3.63) is 88.6 Å². The zero-order valence-electron chi connectivity index (χ0n) is 16.6. The monoisotopic (exact) mass is 445 g/mol. The van der Waals surface area contributed by atoms with Gasteiger partial charge in [0, 0.05) is 28.9 Å². The Morgan fingerprint density at radius 3 is 2.94 bits per heavy atom. The molecule has 9 heteroatoms. The van der Waals surface area contributed by atoms with Gasteiger partial charge in [-0.15, -0.1) is 11.3 Å². The number of anilines is 1. The van der Waals surface area contributed by atoms with Gasteiger partial charge in [0.1, 0.15) is 17.3 Å². The predicted molar refractivity (Wildman–Crippen MR) is 121 cm³/mol. The number of halogens is 1. The van der Waals surface area contributed by atoms with Crippen LogP contribution in [0.3, 0.4) is 0 Å². The maximum absolute atomic E-state index is 14.2. The molecule has 0 saturated carbocycles. The Hall–Kier alpha value is -4.11. The molecule has 158 valence electrons. The lowest BCUT2D eigenvalue weighted by Crippen LogP contribution is -2.25. The summed E-state index contributed by atoms with van der Waals surface area (Å²) in [7, 11) is 0. The average molecular weight is 445 g/mol. The maximum atomic E-state index is 14.2. The minimum absolute atomic E-state index is 0.00807. The summed E-state index contributed by atoms with van der Waals surface area (Å²) < 4.78 is 21.3. The van der Waals surface area contributed by atoms with Crippen LogP contribution < -0.4 is 14.9 Å². The fourth-order valence-electron chi connectivity index (χ4n) is 3.15. The molecule has 0 saturated heterocycles. The Kier molecular flexibility index (Phi) is 5.30. The van der Waals surface area contributed by atoms with Crippen molar-refractivity contribution >= 4 is 34.8 Å². The lowest BCUT2D eigenvalue weighted by Gasteiger charge is -2.18. The largest absolute Gasteiger partial charge is 0.482 e. The van der Waals surface area contributed by atoms with Crippen molar-refractivity contribution < 1.29 is 13.9 Å². The molecule has 1 N–H and O–H groups in total. The second-order valence-electron chi connectivity index (χ2n) is 6.86. The van der Waals surface area contributed by atoms with Crippen molar-refractivity contribution in [2.75, 3.05) is 11.9 Å². The Balaban J connectivity index is 1.64. The van der Waals surface area contributed by atoms with Crippen LogP contribution in [0.5, 0.6) is 5.75 Å². The molecule has 7 nitrogen and oxygen atoms in total. The zero-order valence-corrected chi connectivity index (χ0v) is 17.4. The molecule has 2 aromatic heterocycles. The average Bonchev–Trinajstić information content (AvgIpc) is 3.21. The highest BCUT2D eigenvalue weighted by Crippen LogP contribution is 2.33. The van der Waals surface area contributed by atoms with Crippen molar-refractivity contribution in [2.24, 2.45) is 10.1 Å². The van der Waals surface area contributed by atoms with E-state index < -0.39 is 5.82 Å². The Morgan fingerprint density at radius 1 is 1.19 bits per heavy atom. The van der Waals surface area contributed by atoms with Crippen LogP contribution in [0.2, 0.25) is 0 Å². The van der Waals surface area contributed by atoms with E-state index in [1.165, 1.54) is 17.4 Å². The zero-order chi connectivity index (χ0) is 21.9. The summed E-state index contributed by atoms with van der Waals surface area (Å²) in [5.74, 6) is -0.0261. The number of benzene rings is 2. The number of para-hydroxylation sites is 1. The highest BCUT2D eigenvalue weighted by atomic mass is 32.1. The molecule has 1 amide bonds. The van der Waals surface area contributed by atoms with Crippen LogP contribution in [-0.4, -0.2) is 28.4 Å². The second-order valence-corrected chi connectivity index (χ2v) is 7.69. The van der Waals surface area contributed by atoms with Gasteiger partial charge in [-0.1, -0.05) is 18.2 Å². The standard InChI is InChI=1S/C23H16FN5O2S/c24-17-5-1-2-6-18(17)28-23-29(26-12-15-4-3-9-25-11-15)20(14-32-23)16-7-8-21-19(10-16)27-22(30)13-31-21/h1-12,14H,13H2,(H,27,30). The topological polar surface area (TPSA) is 80.9 Å². The van der Waals surface area contributed by atoms with Gasteiger partial charge < -0.3 is 10.1 Å². The molecule has 0 fully saturated rings. The number of carbonyl (C=O) groups is 1. The molecule has 1 aliphatic rings. The highest BCUT2D eigenvalue weighted by Gasteiger charge is 2.18. The summed E-state index contributed by atoms with van der Waals surface area (Å²) in [5, 5.41) is 9.29. The van der Waals surface area contributed by atoms with E-state index in [-0.39, 0.29) is 18.2 Å². The van der Waals surface area contributed by atoms with E-state index in [9.17, 15) is 9.18 Å². The summed E-state index contributed by atoms with van der Waals surface area (Å²) in [6.45, 7) is -0.00807. The number of nitrogens with one attached hydrogen (secondary N) is 1. The number of nitrogens with zero attached hydrogens (tertiary/aromatic N) is 4. The van der Waals surface area contributed by atoms with E-state index in [4.69, 9.17) is 4.74 Å². The number of aromatic nitrogens is 2. The van der Waals surface area contributed by atoms with E-state index in [1.807, 2.05) is 29.6 Å². The van der Waals surface area contributed by atoms with Crippen LogP contribution in [0.25, 0.3) is 11.3 Å². The van der Waals surface area contributed by atoms with Gasteiger partial charge in [-0.25, -0.2) is 14.1 Å². The third-order valence-electron chi connectivity index (χ3n) is 4.67. The van der Waals surface area contributed by atoms with Crippen molar-refractivity contribution in [1.29, 1.82) is 0 Å². The van der Waals surface area contributed by atoms with Crippen molar-refractivity contribution in [2.45, 2.75) is 0 Å². The highest BCUT2D eigenvalue weighted by molar-refractivity contribution is 7.07. The fraction of sp³-hybridized carbons (Fsp3) is 0.0435. The van der Waals surface area contributed by atoms with Gasteiger partial charge in [0.15, 0.2) is 6.61 Å². The first-order valence-corrected chi connectivity index (χ1v) is 10.6. The minimum atomic E-state index is -0.418. The molecule has 0 spiro atoms. The molecule has 5 rings (SSSR count). The Bertz CT molecular complexity index is 1400. The first kappa shape index (κ1) is 19.8. The summed E-state index contributed by atoms with van der Waals surface area (Å²) in [4.78, 5) is 20.8. The van der Waals surface area contributed by atoms with Gasteiger partial charge in [-0.2, -0.15) is 5.10 Å². The number of rotatable bonds is 4. The van der Waals surface area contributed by atoms with Crippen molar-refractivity contribution in [3.8, 4) is 17.0 Å². The number of ether oxygens (including phenoxy) is 1. The molecule has 0 unspecified atom stereocenters. The van der Waals surface area contributed by atoms with Crippen LogP contribution in [0.1, 0.15) is 5.56 Å². The van der Waals surface area contributed by atoms with E-state index >= 15 is 0 Å². The molecular formula is C23H16FN5O2S. The van der Waals surface area contributed by atoms with E-state index in [1.54, 1.807) is 47.5 Å². The predicted octanol–water partition coefficient (Wildman–Crippen LogP) is 4.20. The number of hydrogen-bond acceptors (Lipinski definition) is 6. The summed E-state index contributed by atoms with van der Waals surface area (Å²) >= 11 is 1.33. The van der Waals surface area contributed by atoms with Crippen LogP contribution in [0.15, 0.2) is 82.5 Å². The first-order chi connectivity index (χ1) is 15.7. The normalized spacial score (nSPS) is 13.7. The second kappa shape index (κ2) is 8.56. The quantitative estimate of drug-likeness (QED) is 0.478. The van der Waals surface area contributed by atoms with Crippen LogP contribution in [0, 0.1) is 5.82 Å². The number of carbonyl (C=O) groups excluding carboxylic acids is 1. The van der Waals surface area contributed by atoms with E-state index in [0.29, 0.717) is 16.2 Å². The van der Waals surface area contributed by atoms with Crippen LogP contribution in [0.4, 0.5) is 15.8 Å². The van der Waals surface area contributed by atoms with E-state index in [2.05, 4.69) is 20.4 Å². The lowest BCUT2D eigenvalue weighted by molar-refractivity contribution is -0.118. The van der Waals surface area contributed by atoms with Crippen LogP contribution in [-0.2, 0) is 4.79 Å². The number of hydrogen-bond donors (Lipinski definition) is 1. The number of amides is 1. The molecule has 0 radical (unpaired) electrons. The minimum Gasteiger partial charge on any atom is -0.482 e. The Labute approximate surface area is 186 Å². The maximum Gasteiger partial charge on any atom is 0.262 e. The van der Waals surface area contributed by atoms with Gasteiger partial charge in [0.2, 0.25) is 4.80 Å². The third kappa shape index (κ3) is 4.06. The number of thiazole rings is 1. The van der Waals surface area contributed by atoms with Gasteiger partial charge in [0.05, 0.1) is 17.6 Å². The first-order valence-electron chi connectivity index (χ1n) is 9.69. The van der Waals surface area contributed by atoms with Crippen molar-refractivity contribution in [1.82, 2.24) is 9.66 Å². The molecule has 0 atom stereocenters. The molecular weight excluding hydrogens is 429 g/mol. The SMILES string of the molecule is O=C1COc2ccc(-c3csc(=Nc4ccccc4F)n3N=Cc3cccnc3)cc2N1. The molecule has 4 aromatic rings. The molecule has 2 aromatic carbocycles. The van der Waals surface area contributed by atoms with Gasteiger partial charge in [0.25, 0.3) is 5.91 Å². The molecule has 0 aliphatic carbocycles. The lowest BCUT2D eigenvalue weighted by atomic mass is 10.1. The summed E-state index contributed by atoms with van der Waals surface area (Å²) in [6, 6.07) is 15.5. The molecule has 1 aliphatic heterocycles. The third-order valence-corrected chi connectivity index (χ3v) is 5.48. The molecule has 32 heavy (non-hydrogen) atoms. The molecule has 3 heterocycles. The van der Waals surface area contributed by atoms with Crippen molar-refractivity contribution in [3.63, 3.8) is 0 Å². The molecule has 0 bridgehead atoms. The van der Waals surface area contributed by atoms with E-state index in [0.717, 1.165) is 16.8 Å². The fourth-order valence-corrected chi connectivity index (χ4v) is 4.00. The smallest absolute Gasteiger partial charge is 0.262 e. The number of pyridine rings is 1. The van der Waals surface area contributed by atoms with Gasteiger partial charge in [-0.3, -0.25) is 9.78 Å². The number of fused-ring (bicyclic) bond motifs is 1. The Morgan fingerprint density at radius 2 is 2.09 bits per heavy atom. The summed E-state index contributed by atoms with van der Waals surface area (Å²) in [6.07, 6.45) is 5.03. The van der Waals surface area contributed by atoms with Gasteiger partial charge in [-0.05, 0) is 36.4 Å². The summed E-state index contributed by atoms with van der Waals surface area (Å²) in [5.41, 5.74) is 3.13.